The lowest BCUT2D eigenvalue weighted by Gasteiger charge is -2.09. The molecular formula is C15H12Br2N2O2. The molecule has 0 aliphatic carbocycles. The van der Waals surface area contributed by atoms with Crippen molar-refractivity contribution in [2.24, 2.45) is 0 Å². The summed E-state index contributed by atoms with van der Waals surface area (Å²) in [6, 6.07) is 14.4. The summed E-state index contributed by atoms with van der Waals surface area (Å²) in [6.45, 7) is 0. The van der Waals surface area contributed by atoms with E-state index in [1.54, 1.807) is 18.2 Å². The van der Waals surface area contributed by atoms with E-state index in [0.717, 1.165) is 10.0 Å². The Morgan fingerprint density at radius 2 is 1.48 bits per heavy atom. The molecule has 2 amide bonds. The van der Waals surface area contributed by atoms with Gasteiger partial charge in [0.15, 0.2) is 0 Å². The fraction of sp³-hybridized carbons (Fsp3) is 0.0667. The molecule has 0 aromatic heterocycles. The molecule has 0 radical (unpaired) electrons. The Balaban J connectivity index is 1.91. The van der Waals surface area contributed by atoms with Gasteiger partial charge in [-0.25, -0.2) is 0 Å². The van der Waals surface area contributed by atoms with Crippen LogP contribution >= 0.6 is 31.9 Å². The second-order valence-electron chi connectivity index (χ2n) is 4.25. The SMILES string of the molecule is O=C(Cc1ccccc1Br)NNC(=O)c1ccccc1Br. The molecule has 0 fully saturated rings. The van der Waals surface area contributed by atoms with E-state index < -0.39 is 0 Å². The van der Waals surface area contributed by atoms with Crippen molar-refractivity contribution in [1.82, 2.24) is 10.9 Å². The van der Waals surface area contributed by atoms with E-state index in [2.05, 4.69) is 42.7 Å². The number of nitrogens with one attached hydrogen (secondary N) is 2. The first-order chi connectivity index (χ1) is 10.1. The molecule has 21 heavy (non-hydrogen) atoms. The topological polar surface area (TPSA) is 58.2 Å². The zero-order valence-electron chi connectivity index (χ0n) is 10.9. The third-order valence-electron chi connectivity index (χ3n) is 2.74. The molecule has 0 aliphatic rings. The number of benzene rings is 2. The first-order valence-electron chi connectivity index (χ1n) is 6.15. The third kappa shape index (κ3) is 4.41. The highest BCUT2D eigenvalue weighted by Crippen LogP contribution is 2.16. The lowest BCUT2D eigenvalue weighted by molar-refractivity contribution is -0.121. The second-order valence-corrected chi connectivity index (χ2v) is 5.96. The van der Waals surface area contributed by atoms with E-state index >= 15 is 0 Å². The van der Waals surface area contributed by atoms with Crippen LogP contribution in [-0.2, 0) is 11.2 Å². The van der Waals surface area contributed by atoms with Crippen LogP contribution in [0.2, 0.25) is 0 Å². The molecule has 4 nitrogen and oxygen atoms in total. The molecule has 2 rings (SSSR count). The van der Waals surface area contributed by atoms with Gasteiger partial charge in [-0.15, -0.1) is 0 Å². The van der Waals surface area contributed by atoms with Crippen molar-refractivity contribution in [3.05, 3.63) is 68.6 Å². The molecule has 0 unspecified atom stereocenters. The highest BCUT2D eigenvalue weighted by molar-refractivity contribution is 9.10. The van der Waals surface area contributed by atoms with Gasteiger partial charge in [-0.1, -0.05) is 46.3 Å². The first kappa shape index (κ1) is 15.7. The van der Waals surface area contributed by atoms with Crippen LogP contribution in [0, 0.1) is 0 Å². The average molecular weight is 412 g/mol. The minimum atomic E-state index is -0.372. The standard InChI is InChI=1S/C15H12Br2N2O2/c16-12-7-3-1-5-10(12)9-14(20)18-19-15(21)11-6-2-4-8-13(11)17/h1-8H,9H2,(H,18,20)(H,19,21). The molecule has 2 aromatic carbocycles. The Labute approximate surface area is 139 Å². The highest BCUT2D eigenvalue weighted by Gasteiger charge is 2.11. The summed E-state index contributed by atoms with van der Waals surface area (Å²) in [5.41, 5.74) is 6.11. The predicted molar refractivity (Wildman–Crippen MR) is 87.6 cm³/mol. The predicted octanol–water partition coefficient (Wildman–Crippen LogP) is 3.22. The van der Waals surface area contributed by atoms with E-state index in [1.165, 1.54) is 0 Å². The number of halogens is 2. The summed E-state index contributed by atoms with van der Waals surface area (Å²) in [6.07, 6.45) is 0.178. The molecule has 0 heterocycles. The normalized spacial score (nSPS) is 10.0. The van der Waals surface area contributed by atoms with Gasteiger partial charge in [0, 0.05) is 8.95 Å². The van der Waals surface area contributed by atoms with Crippen molar-refractivity contribution >= 4 is 43.7 Å². The van der Waals surface area contributed by atoms with Gasteiger partial charge in [-0.2, -0.15) is 0 Å². The van der Waals surface area contributed by atoms with Crippen LogP contribution in [0.1, 0.15) is 15.9 Å². The summed E-state index contributed by atoms with van der Waals surface area (Å²) >= 11 is 6.66. The minimum Gasteiger partial charge on any atom is -0.273 e. The number of carbonyl (C=O) groups is 2. The van der Waals surface area contributed by atoms with E-state index in [4.69, 9.17) is 0 Å². The summed E-state index contributed by atoms with van der Waals surface area (Å²) in [5, 5.41) is 0. The zero-order chi connectivity index (χ0) is 15.2. The Kier molecular flexibility index (Phi) is 5.52. The largest absolute Gasteiger partial charge is 0.273 e. The molecule has 0 saturated heterocycles. The Morgan fingerprint density at radius 3 is 2.14 bits per heavy atom. The lowest BCUT2D eigenvalue weighted by atomic mass is 10.1. The second kappa shape index (κ2) is 7.38. The van der Waals surface area contributed by atoms with E-state index in [0.29, 0.717) is 10.0 Å². The first-order valence-corrected chi connectivity index (χ1v) is 7.73. The highest BCUT2D eigenvalue weighted by atomic mass is 79.9. The quantitative estimate of drug-likeness (QED) is 0.762. The van der Waals surface area contributed by atoms with Crippen LogP contribution < -0.4 is 10.9 Å². The Morgan fingerprint density at radius 1 is 0.857 bits per heavy atom. The van der Waals surface area contributed by atoms with Gasteiger partial charge in [-0.05, 0) is 39.7 Å². The Hall–Kier alpha value is -1.66. The van der Waals surface area contributed by atoms with Gasteiger partial charge in [0.05, 0.1) is 12.0 Å². The number of rotatable bonds is 3. The van der Waals surface area contributed by atoms with Crippen LogP contribution in [0.3, 0.4) is 0 Å². The molecule has 0 aliphatic heterocycles. The fourth-order valence-electron chi connectivity index (χ4n) is 1.70. The molecule has 6 heteroatoms. The van der Waals surface area contributed by atoms with Crippen LogP contribution in [0.5, 0.6) is 0 Å². The lowest BCUT2D eigenvalue weighted by Crippen LogP contribution is -2.42. The molecule has 0 bridgehead atoms. The van der Waals surface area contributed by atoms with Crippen molar-refractivity contribution in [2.45, 2.75) is 6.42 Å². The average Bonchev–Trinajstić information content (AvgIpc) is 2.48. The maximum atomic E-state index is 11.9. The fourth-order valence-corrected chi connectivity index (χ4v) is 2.59. The summed E-state index contributed by atoms with van der Waals surface area (Å²) < 4.78 is 1.53. The maximum absolute atomic E-state index is 11.9. The van der Waals surface area contributed by atoms with Gasteiger partial charge in [0.2, 0.25) is 5.91 Å². The number of hydrogen-bond donors (Lipinski definition) is 2. The van der Waals surface area contributed by atoms with Crippen molar-refractivity contribution in [3.8, 4) is 0 Å². The maximum Gasteiger partial charge on any atom is 0.270 e. The van der Waals surface area contributed by atoms with Crippen molar-refractivity contribution in [2.75, 3.05) is 0 Å². The molecule has 108 valence electrons. The van der Waals surface area contributed by atoms with Gasteiger partial charge in [0.1, 0.15) is 0 Å². The van der Waals surface area contributed by atoms with Crippen molar-refractivity contribution in [3.63, 3.8) is 0 Å². The van der Waals surface area contributed by atoms with Crippen LogP contribution in [0.25, 0.3) is 0 Å². The van der Waals surface area contributed by atoms with Crippen molar-refractivity contribution < 1.29 is 9.59 Å². The zero-order valence-corrected chi connectivity index (χ0v) is 14.1. The van der Waals surface area contributed by atoms with Gasteiger partial charge >= 0.3 is 0 Å². The van der Waals surface area contributed by atoms with E-state index in [1.807, 2.05) is 30.3 Å². The summed E-state index contributed by atoms with van der Waals surface area (Å²) in [5.74, 6) is -0.662. The number of carbonyl (C=O) groups excluding carboxylic acids is 2. The molecule has 2 aromatic rings. The van der Waals surface area contributed by atoms with Gasteiger partial charge in [-0.3, -0.25) is 20.4 Å². The third-order valence-corrected chi connectivity index (χ3v) is 4.21. The molecule has 2 N–H and O–H groups in total. The van der Waals surface area contributed by atoms with E-state index in [9.17, 15) is 9.59 Å². The van der Waals surface area contributed by atoms with Gasteiger partial charge < -0.3 is 0 Å². The Bertz CT molecular complexity index is 674. The monoisotopic (exact) mass is 410 g/mol. The van der Waals surface area contributed by atoms with Crippen LogP contribution in [0.4, 0.5) is 0 Å². The van der Waals surface area contributed by atoms with Crippen molar-refractivity contribution in [1.29, 1.82) is 0 Å². The van der Waals surface area contributed by atoms with Gasteiger partial charge in [0.25, 0.3) is 5.91 Å². The van der Waals surface area contributed by atoms with E-state index in [-0.39, 0.29) is 18.2 Å². The minimum absolute atomic E-state index is 0.178. The molecule has 0 atom stereocenters. The van der Waals surface area contributed by atoms with Crippen LogP contribution in [-0.4, -0.2) is 11.8 Å². The molecule has 0 saturated carbocycles. The number of hydrazine groups is 1. The smallest absolute Gasteiger partial charge is 0.270 e. The number of hydrogen-bond acceptors (Lipinski definition) is 2. The summed E-state index contributed by atoms with van der Waals surface area (Å²) in [4.78, 5) is 23.8. The number of amides is 2. The molecule has 0 spiro atoms. The molecular weight excluding hydrogens is 400 g/mol. The van der Waals surface area contributed by atoms with Crippen LogP contribution in [0.15, 0.2) is 57.5 Å². The summed E-state index contributed by atoms with van der Waals surface area (Å²) in [7, 11) is 0.